The van der Waals surface area contributed by atoms with Gasteiger partial charge in [0.2, 0.25) is 11.9 Å². The smallest absolute Gasteiger partial charge is 0.328 e. The van der Waals surface area contributed by atoms with Gasteiger partial charge in [-0.3, -0.25) is 5.43 Å². The molecule has 0 saturated carbocycles. The molecule has 0 unspecified atom stereocenters. The monoisotopic (exact) mass is 358 g/mol. The summed E-state index contributed by atoms with van der Waals surface area (Å²) < 4.78 is 6.41. The highest BCUT2D eigenvalue weighted by Crippen LogP contribution is 2.31. The third-order valence-electron chi connectivity index (χ3n) is 2.23. The average molecular weight is 360 g/mol. The predicted octanol–water partition coefficient (Wildman–Crippen LogP) is 2.43. The Morgan fingerprint density at radius 1 is 1.30 bits per heavy atom. The van der Waals surface area contributed by atoms with Crippen molar-refractivity contribution in [2.24, 2.45) is 5.84 Å². The van der Waals surface area contributed by atoms with E-state index in [1.807, 2.05) is 0 Å². The molecule has 9 heteroatoms. The van der Waals surface area contributed by atoms with Gasteiger partial charge < -0.3 is 9.64 Å². The molecule has 0 bridgehead atoms. The van der Waals surface area contributed by atoms with Crippen molar-refractivity contribution < 1.29 is 4.74 Å². The topological polar surface area (TPSA) is 89.2 Å². The van der Waals surface area contributed by atoms with Gasteiger partial charge in [-0.1, -0.05) is 27.5 Å². The van der Waals surface area contributed by atoms with E-state index >= 15 is 0 Å². The number of ether oxygens (including phenoxy) is 1. The van der Waals surface area contributed by atoms with Gasteiger partial charge in [0.25, 0.3) is 0 Å². The van der Waals surface area contributed by atoms with Crippen molar-refractivity contribution in [3.8, 4) is 11.8 Å². The zero-order chi connectivity index (χ0) is 14.7. The molecule has 1 aromatic heterocycles. The minimum atomic E-state index is 0.0941. The van der Waals surface area contributed by atoms with E-state index < -0.39 is 0 Å². The standard InChI is InChI=1S/C11H12BrClN6O/c1-19(2)10-15-9(18-14)16-11(17-10)20-8-5-6(12)3-4-7(8)13/h3-5H,14H2,1-2H3,(H,15,16,17,18). The molecular weight excluding hydrogens is 348 g/mol. The van der Waals surface area contributed by atoms with Crippen LogP contribution in [-0.2, 0) is 0 Å². The van der Waals surface area contributed by atoms with Crippen LogP contribution in [0.4, 0.5) is 11.9 Å². The van der Waals surface area contributed by atoms with Crippen LogP contribution >= 0.6 is 27.5 Å². The fourth-order valence-electron chi connectivity index (χ4n) is 1.31. The minimum absolute atomic E-state index is 0.0941. The van der Waals surface area contributed by atoms with Crippen LogP contribution in [0.15, 0.2) is 22.7 Å². The number of nitrogens with two attached hydrogens (primary N) is 1. The highest BCUT2D eigenvalue weighted by Gasteiger charge is 2.11. The van der Waals surface area contributed by atoms with Crippen molar-refractivity contribution in [2.75, 3.05) is 24.4 Å². The molecule has 0 fully saturated rings. The molecule has 0 atom stereocenters. The SMILES string of the molecule is CN(C)c1nc(NN)nc(Oc2cc(Br)ccc2Cl)n1. The summed E-state index contributed by atoms with van der Waals surface area (Å²) in [6.45, 7) is 0. The van der Waals surface area contributed by atoms with Gasteiger partial charge >= 0.3 is 6.01 Å². The van der Waals surface area contributed by atoms with E-state index in [4.69, 9.17) is 22.2 Å². The Morgan fingerprint density at radius 3 is 2.70 bits per heavy atom. The molecule has 0 aliphatic rings. The van der Waals surface area contributed by atoms with E-state index in [1.54, 1.807) is 37.2 Å². The molecular formula is C11H12BrClN6O. The van der Waals surface area contributed by atoms with E-state index in [9.17, 15) is 0 Å². The van der Waals surface area contributed by atoms with E-state index in [1.165, 1.54) is 0 Å². The Balaban J connectivity index is 2.37. The number of nitrogens with one attached hydrogen (secondary N) is 1. The van der Waals surface area contributed by atoms with Gasteiger partial charge in [0.15, 0.2) is 5.75 Å². The van der Waals surface area contributed by atoms with Crippen molar-refractivity contribution >= 4 is 39.4 Å². The molecule has 0 saturated heterocycles. The summed E-state index contributed by atoms with van der Waals surface area (Å²) in [5.41, 5.74) is 2.36. The Hall–Kier alpha value is -1.64. The van der Waals surface area contributed by atoms with Crippen LogP contribution in [0.5, 0.6) is 11.8 Å². The van der Waals surface area contributed by atoms with Gasteiger partial charge in [-0.2, -0.15) is 15.0 Å². The molecule has 106 valence electrons. The summed E-state index contributed by atoms with van der Waals surface area (Å²) in [5, 5.41) is 0.447. The lowest BCUT2D eigenvalue weighted by Gasteiger charge is -2.13. The molecule has 0 amide bonds. The number of anilines is 2. The third-order valence-corrected chi connectivity index (χ3v) is 3.03. The van der Waals surface area contributed by atoms with Crippen LogP contribution in [0.3, 0.4) is 0 Å². The molecule has 0 aliphatic heterocycles. The second-order valence-corrected chi connectivity index (χ2v) is 5.28. The Morgan fingerprint density at radius 2 is 2.05 bits per heavy atom. The third kappa shape index (κ3) is 3.47. The lowest BCUT2D eigenvalue weighted by atomic mass is 10.3. The number of hydrazine groups is 1. The number of hydrogen-bond donors (Lipinski definition) is 2. The first kappa shape index (κ1) is 14.8. The van der Waals surface area contributed by atoms with Crippen molar-refractivity contribution in [2.45, 2.75) is 0 Å². The molecule has 1 aromatic carbocycles. The Labute approximate surface area is 129 Å². The second-order valence-electron chi connectivity index (χ2n) is 3.96. The maximum Gasteiger partial charge on any atom is 0.328 e. The fraction of sp³-hybridized carbons (Fsp3) is 0.182. The number of halogens is 2. The van der Waals surface area contributed by atoms with Crippen molar-refractivity contribution in [1.29, 1.82) is 0 Å². The van der Waals surface area contributed by atoms with Crippen molar-refractivity contribution in [3.05, 3.63) is 27.7 Å². The van der Waals surface area contributed by atoms with E-state index in [2.05, 4.69) is 36.3 Å². The second kappa shape index (κ2) is 6.21. The largest absolute Gasteiger partial charge is 0.422 e. The first-order chi connectivity index (χ1) is 9.49. The summed E-state index contributed by atoms with van der Waals surface area (Å²) in [6, 6.07) is 5.33. The van der Waals surface area contributed by atoms with Crippen LogP contribution < -0.4 is 20.9 Å². The van der Waals surface area contributed by atoms with Gasteiger partial charge in [0, 0.05) is 18.6 Å². The molecule has 20 heavy (non-hydrogen) atoms. The zero-order valence-corrected chi connectivity index (χ0v) is 13.1. The van der Waals surface area contributed by atoms with Gasteiger partial charge in [-0.25, -0.2) is 5.84 Å². The molecule has 7 nitrogen and oxygen atoms in total. The lowest BCUT2D eigenvalue weighted by Crippen LogP contribution is -2.17. The van der Waals surface area contributed by atoms with Gasteiger partial charge in [0.05, 0.1) is 5.02 Å². The fourth-order valence-corrected chi connectivity index (χ4v) is 1.81. The summed E-state index contributed by atoms with van der Waals surface area (Å²) in [5.74, 6) is 6.37. The quantitative estimate of drug-likeness (QED) is 0.640. The summed E-state index contributed by atoms with van der Waals surface area (Å²) in [7, 11) is 3.59. The molecule has 0 radical (unpaired) electrons. The Kier molecular flexibility index (Phi) is 4.58. The lowest BCUT2D eigenvalue weighted by molar-refractivity contribution is 0.440. The van der Waals surface area contributed by atoms with Crippen LogP contribution in [0.1, 0.15) is 0 Å². The summed E-state index contributed by atoms with van der Waals surface area (Å²) in [4.78, 5) is 14.0. The highest BCUT2D eigenvalue weighted by molar-refractivity contribution is 9.10. The molecule has 0 aliphatic carbocycles. The van der Waals surface area contributed by atoms with Crippen LogP contribution in [0, 0.1) is 0 Å². The van der Waals surface area contributed by atoms with Gasteiger partial charge in [0.1, 0.15) is 0 Å². The van der Waals surface area contributed by atoms with E-state index in [0.29, 0.717) is 16.7 Å². The first-order valence-corrected chi connectivity index (χ1v) is 6.69. The summed E-state index contributed by atoms with van der Waals surface area (Å²) >= 11 is 9.40. The predicted molar refractivity (Wildman–Crippen MR) is 81.2 cm³/mol. The summed E-state index contributed by atoms with van der Waals surface area (Å²) in [6.07, 6.45) is 0. The normalized spacial score (nSPS) is 10.2. The number of aromatic nitrogens is 3. The van der Waals surface area contributed by atoms with Gasteiger partial charge in [-0.05, 0) is 18.2 Å². The molecule has 0 spiro atoms. The van der Waals surface area contributed by atoms with E-state index in [-0.39, 0.29) is 12.0 Å². The van der Waals surface area contributed by atoms with Crippen molar-refractivity contribution in [1.82, 2.24) is 15.0 Å². The van der Waals surface area contributed by atoms with Gasteiger partial charge in [-0.15, -0.1) is 0 Å². The maximum atomic E-state index is 6.05. The van der Waals surface area contributed by atoms with Crippen LogP contribution in [0.2, 0.25) is 5.02 Å². The van der Waals surface area contributed by atoms with Crippen molar-refractivity contribution in [3.63, 3.8) is 0 Å². The molecule has 2 rings (SSSR count). The highest BCUT2D eigenvalue weighted by atomic mass is 79.9. The molecule has 2 aromatic rings. The van der Waals surface area contributed by atoms with E-state index in [0.717, 1.165) is 4.47 Å². The first-order valence-electron chi connectivity index (χ1n) is 5.52. The minimum Gasteiger partial charge on any atom is -0.422 e. The molecule has 1 heterocycles. The number of benzene rings is 1. The maximum absolute atomic E-state index is 6.05. The Bertz CT molecular complexity index is 624. The number of nitrogen functional groups attached to an aromatic ring is 1. The van der Waals surface area contributed by atoms with Crippen LogP contribution in [0.25, 0.3) is 0 Å². The molecule has 3 N–H and O–H groups in total. The van der Waals surface area contributed by atoms with Crippen LogP contribution in [-0.4, -0.2) is 29.0 Å². The average Bonchev–Trinajstić information content (AvgIpc) is 2.42. The zero-order valence-electron chi connectivity index (χ0n) is 10.8. The number of hydrogen-bond acceptors (Lipinski definition) is 7. The number of rotatable bonds is 4. The number of nitrogens with zero attached hydrogens (tertiary/aromatic N) is 4.